The molecule has 0 aliphatic rings. The maximum absolute atomic E-state index is 5.16. The lowest BCUT2D eigenvalue weighted by Gasteiger charge is -2.15. The van der Waals surface area contributed by atoms with Gasteiger partial charge in [-0.3, -0.25) is 0 Å². The standard InChI is InChI=1S/C45H29N3/c1-3-14-30(15-4-1)36-22-11-12-25-40(36)45-47-43(32-17-5-2-6-18-32)46-44(48-45)35-21-13-20-34(28-35)42-38-24-10-8-19-33(38)29-41-37-23-9-7-16-31(37)26-27-39(41)42/h1-29H. The van der Waals surface area contributed by atoms with Crippen LogP contribution in [0, 0.1) is 0 Å². The Morgan fingerprint density at radius 3 is 1.62 bits per heavy atom. The van der Waals surface area contributed by atoms with E-state index < -0.39 is 0 Å². The smallest absolute Gasteiger partial charge is 0.164 e. The van der Waals surface area contributed by atoms with E-state index in [0.717, 1.165) is 33.4 Å². The van der Waals surface area contributed by atoms with Crippen LogP contribution in [0.2, 0.25) is 0 Å². The number of nitrogens with zero attached hydrogens (tertiary/aromatic N) is 3. The molecule has 48 heavy (non-hydrogen) atoms. The van der Waals surface area contributed by atoms with Crippen LogP contribution in [0.3, 0.4) is 0 Å². The molecule has 3 nitrogen and oxygen atoms in total. The van der Waals surface area contributed by atoms with Crippen molar-refractivity contribution in [1.82, 2.24) is 15.0 Å². The highest BCUT2D eigenvalue weighted by molar-refractivity contribution is 6.20. The molecule has 0 amide bonds. The van der Waals surface area contributed by atoms with Crippen molar-refractivity contribution in [1.29, 1.82) is 0 Å². The molecule has 8 aromatic carbocycles. The number of rotatable bonds is 5. The third-order valence-electron chi connectivity index (χ3n) is 9.10. The van der Waals surface area contributed by atoms with Crippen molar-refractivity contribution in [2.24, 2.45) is 0 Å². The molecule has 9 aromatic rings. The summed E-state index contributed by atoms with van der Waals surface area (Å²) >= 11 is 0. The van der Waals surface area contributed by atoms with E-state index >= 15 is 0 Å². The first-order valence-corrected chi connectivity index (χ1v) is 16.2. The fraction of sp³-hybridized carbons (Fsp3) is 0. The molecule has 0 aliphatic heterocycles. The molecular formula is C45H29N3. The molecule has 9 rings (SSSR count). The Hall–Kier alpha value is -6.45. The highest BCUT2D eigenvalue weighted by Crippen LogP contribution is 2.40. The minimum Gasteiger partial charge on any atom is -0.208 e. The number of benzene rings is 8. The van der Waals surface area contributed by atoms with Gasteiger partial charge in [0.1, 0.15) is 0 Å². The molecular weight excluding hydrogens is 583 g/mol. The van der Waals surface area contributed by atoms with Crippen molar-refractivity contribution in [3.63, 3.8) is 0 Å². The van der Waals surface area contributed by atoms with Crippen LogP contribution in [0.5, 0.6) is 0 Å². The summed E-state index contributed by atoms with van der Waals surface area (Å²) in [7, 11) is 0. The fourth-order valence-corrected chi connectivity index (χ4v) is 6.83. The average Bonchev–Trinajstić information content (AvgIpc) is 3.17. The molecule has 0 saturated carbocycles. The van der Waals surface area contributed by atoms with Gasteiger partial charge >= 0.3 is 0 Å². The van der Waals surface area contributed by atoms with Crippen molar-refractivity contribution < 1.29 is 0 Å². The Kier molecular flexibility index (Phi) is 6.80. The van der Waals surface area contributed by atoms with Crippen LogP contribution >= 0.6 is 0 Å². The molecule has 0 saturated heterocycles. The third-order valence-corrected chi connectivity index (χ3v) is 9.10. The minimum absolute atomic E-state index is 0.638. The van der Waals surface area contributed by atoms with E-state index in [9.17, 15) is 0 Å². The van der Waals surface area contributed by atoms with E-state index in [1.165, 1.54) is 37.9 Å². The van der Waals surface area contributed by atoms with Gasteiger partial charge in [-0.2, -0.15) is 0 Å². The molecule has 0 spiro atoms. The van der Waals surface area contributed by atoms with Gasteiger partial charge in [0.25, 0.3) is 0 Å². The Bertz CT molecular complexity index is 2610. The van der Waals surface area contributed by atoms with E-state index in [1.54, 1.807) is 0 Å². The van der Waals surface area contributed by atoms with Gasteiger partial charge < -0.3 is 0 Å². The van der Waals surface area contributed by atoms with Crippen molar-refractivity contribution in [3.8, 4) is 56.4 Å². The zero-order chi connectivity index (χ0) is 31.9. The predicted octanol–water partition coefficient (Wildman–Crippen LogP) is 11.7. The summed E-state index contributed by atoms with van der Waals surface area (Å²) in [5.41, 5.74) is 7.38. The van der Waals surface area contributed by atoms with E-state index in [2.05, 4.69) is 146 Å². The molecule has 0 radical (unpaired) electrons. The van der Waals surface area contributed by atoms with E-state index in [4.69, 9.17) is 15.0 Å². The van der Waals surface area contributed by atoms with Crippen LogP contribution in [0.4, 0.5) is 0 Å². The molecule has 0 N–H and O–H groups in total. The van der Waals surface area contributed by atoms with E-state index in [0.29, 0.717) is 17.5 Å². The number of fused-ring (bicyclic) bond motifs is 4. The monoisotopic (exact) mass is 611 g/mol. The Morgan fingerprint density at radius 1 is 0.271 bits per heavy atom. The summed E-state index contributed by atoms with van der Waals surface area (Å²) < 4.78 is 0. The van der Waals surface area contributed by atoms with Crippen LogP contribution in [0.1, 0.15) is 0 Å². The first kappa shape index (κ1) is 27.8. The van der Waals surface area contributed by atoms with Crippen LogP contribution in [-0.2, 0) is 0 Å². The zero-order valence-corrected chi connectivity index (χ0v) is 26.1. The van der Waals surface area contributed by atoms with Gasteiger partial charge in [-0.15, -0.1) is 0 Å². The normalized spacial score (nSPS) is 11.3. The highest BCUT2D eigenvalue weighted by Gasteiger charge is 2.17. The number of aromatic nitrogens is 3. The van der Waals surface area contributed by atoms with Gasteiger partial charge in [-0.25, -0.2) is 15.0 Å². The van der Waals surface area contributed by atoms with Crippen LogP contribution in [0.15, 0.2) is 176 Å². The first-order chi connectivity index (χ1) is 23.8. The molecule has 0 fully saturated rings. The molecule has 1 aromatic heterocycles. The molecule has 0 unspecified atom stereocenters. The lowest BCUT2D eigenvalue weighted by Crippen LogP contribution is -2.01. The van der Waals surface area contributed by atoms with Gasteiger partial charge in [0.15, 0.2) is 17.5 Å². The Morgan fingerprint density at radius 2 is 0.833 bits per heavy atom. The van der Waals surface area contributed by atoms with Crippen molar-refractivity contribution in [2.45, 2.75) is 0 Å². The van der Waals surface area contributed by atoms with Crippen LogP contribution < -0.4 is 0 Å². The summed E-state index contributed by atoms with van der Waals surface area (Å²) in [6.45, 7) is 0. The van der Waals surface area contributed by atoms with Crippen LogP contribution in [0.25, 0.3) is 88.7 Å². The molecule has 3 heteroatoms. The summed E-state index contributed by atoms with van der Waals surface area (Å²) in [4.78, 5) is 15.3. The molecule has 1 heterocycles. The summed E-state index contributed by atoms with van der Waals surface area (Å²) in [6, 6.07) is 61.7. The predicted molar refractivity (Wildman–Crippen MR) is 200 cm³/mol. The molecule has 0 bridgehead atoms. The minimum atomic E-state index is 0.638. The Balaban J connectivity index is 1.27. The lowest BCUT2D eigenvalue weighted by atomic mass is 9.89. The van der Waals surface area contributed by atoms with Gasteiger partial charge in [-0.1, -0.05) is 164 Å². The lowest BCUT2D eigenvalue weighted by molar-refractivity contribution is 1.07. The van der Waals surface area contributed by atoms with Crippen molar-refractivity contribution in [2.75, 3.05) is 0 Å². The van der Waals surface area contributed by atoms with Crippen molar-refractivity contribution >= 4 is 32.3 Å². The van der Waals surface area contributed by atoms with Gasteiger partial charge in [-0.05, 0) is 66.7 Å². The summed E-state index contributed by atoms with van der Waals surface area (Å²) in [6.07, 6.45) is 0. The third kappa shape index (κ3) is 4.90. The van der Waals surface area contributed by atoms with Crippen LogP contribution in [-0.4, -0.2) is 15.0 Å². The SMILES string of the molecule is c1ccc(-c2nc(-c3cccc(-c4c5ccccc5cc5c4ccc4ccccc45)c3)nc(-c3ccccc3-c3ccccc3)n2)cc1. The second kappa shape index (κ2) is 11.7. The van der Waals surface area contributed by atoms with Crippen molar-refractivity contribution in [3.05, 3.63) is 176 Å². The molecule has 0 aliphatic carbocycles. The highest BCUT2D eigenvalue weighted by atomic mass is 15.0. The largest absolute Gasteiger partial charge is 0.208 e. The maximum atomic E-state index is 5.16. The zero-order valence-electron chi connectivity index (χ0n) is 26.1. The Labute approximate surface area is 278 Å². The fourth-order valence-electron chi connectivity index (χ4n) is 6.83. The second-order valence-electron chi connectivity index (χ2n) is 12.0. The van der Waals surface area contributed by atoms with E-state index in [-0.39, 0.29) is 0 Å². The first-order valence-electron chi connectivity index (χ1n) is 16.2. The number of hydrogen-bond donors (Lipinski definition) is 0. The average molecular weight is 612 g/mol. The second-order valence-corrected chi connectivity index (χ2v) is 12.0. The summed E-state index contributed by atoms with van der Waals surface area (Å²) in [5.74, 6) is 1.93. The quantitative estimate of drug-likeness (QED) is 0.144. The molecule has 0 atom stereocenters. The van der Waals surface area contributed by atoms with Gasteiger partial charge in [0, 0.05) is 16.7 Å². The topological polar surface area (TPSA) is 38.7 Å². The molecule has 224 valence electrons. The van der Waals surface area contributed by atoms with Gasteiger partial charge in [0.05, 0.1) is 0 Å². The van der Waals surface area contributed by atoms with E-state index in [1.807, 2.05) is 30.3 Å². The maximum Gasteiger partial charge on any atom is 0.164 e. The summed E-state index contributed by atoms with van der Waals surface area (Å²) in [5, 5.41) is 7.40. The van der Waals surface area contributed by atoms with Gasteiger partial charge in [0.2, 0.25) is 0 Å². The number of hydrogen-bond acceptors (Lipinski definition) is 3.